The zero-order chi connectivity index (χ0) is 69.5. The van der Waals surface area contributed by atoms with E-state index in [1.807, 2.05) is 0 Å². The van der Waals surface area contributed by atoms with Gasteiger partial charge in [0.25, 0.3) is 0 Å². The Labute approximate surface area is 581 Å². The molecule has 33 atom stereocenters. The molecule has 0 aromatic rings. The molecule has 0 aromatic carbocycles. The van der Waals surface area contributed by atoms with E-state index in [4.69, 9.17) is 0 Å². The predicted octanol–water partition coefficient (Wildman–Crippen LogP) is 8.15. The van der Waals surface area contributed by atoms with Crippen LogP contribution in [0.3, 0.4) is 0 Å². The monoisotopic (exact) mass is 1360 g/mol. The molecule has 0 radical (unpaired) electrons. The molecule has 12 aliphatic rings. The molecule has 12 fully saturated rings. The van der Waals surface area contributed by atoms with Crippen LogP contribution in [0.25, 0.3) is 0 Å². The lowest BCUT2D eigenvalue weighted by atomic mass is 9.43. The Kier molecular flexibility index (Phi) is 22.3. The van der Waals surface area contributed by atoms with E-state index in [9.17, 15) is 60.3 Å². The fraction of sp³-hybridized carbons (Fsp3) is 0.962. The summed E-state index contributed by atoms with van der Waals surface area (Å²) in [6, 6.07) is -0.789. The lowest BCUT2D eigenvalue weighted by molar-refractivity contribution is -0.207. The Morgan fingerprint density at radius 1 is 0.351 bits per heavy atom. The van der Waals surface area contributed by atoms with Gasteiger partial charge in [0.15, 0.2) is 0 Å². The van der Waals surface area contributed by atoms with Crippen LogP contribution < -0.4 is 31.9 Å². The molecule has 6 amide bonds. The second kappa shape index (κ2) is 29.2. The highest BCUT2D eigenvalue weighted by molar-refractivity contribution is 5.74. The first kappa shape index (κ1) is 74.1. The fourth-order valence-corrected chi connectivity index (χ4v) is 27.7. The zero-order valence-corrected chi connectivity index (χ0v) is 61.1. The molecule has 15 N–H and O–H groups in total. The summed E-state index contributed by atoms with van der Waals surface area (Å²) >= 11 is 0. The molecule has 0 heterocycles. The number of amides is 6. The number of carbonyl (C=O) groups is 3. The van der Waals surface area contributed by atoms with Crippen LogP contribution in [-0.2, 0) is 0 Å². The number of hydrogen-bond acceptors (Lipinski definition) is 13. The molecule has 12 aliphatic carbocycles. The van der Waals surface area contributed by atoms with E-state index in [2.05, 4.69) is 99.1 Å². The van der Waals surface area contributed by atoms with Crippen molar-refractivity contribution in [2.75, 3.05) is 58.9 Å². The number of rotatable bonds is 21. The highest BCUT2D eigenvalue weighted by Gasteiger charge is 2.69. The Morgan fingerprint density at radius 2 is 0.608 bits per heavy atom. The largest absolute Gasteiger partial charge is 0.393 e. The molecular formula is C78H135N7O12. The molecule has 19 nitrogen and oxygen atoms in total. The first-order valence-corrected chi connectivity index (χ1v) is 39.9. The van der Waals surface area contributed by atoms with Crippen LogP contribution in [0.1, 0.15) is 216 Å². The minimum Gasteiger partial charge on any atom is -0.393 e. The first-order chi connectivity index (χ1) is 46.0. The molecule has 0 aliphatic heterocycles. The van der Waals surface area contributed by atoms with Gasteiger partial charge in [-0.05, 0) is 293 Å². The van der Waals surface area contributed by atoms with Crippen molar-refractivity contribution in [2.45, 2.75) is 271 Å². The molecule has 0 bridgehead atoms. The quantitative estimate of drug-likeness (QED) is 0.0517. The molecule has 554 valence electrons. The van der Waals surface area contributed by atoms with Crippen LogP contribution in [0.2, 0.25) is 0 Å². The van der Waals surface area contributed by atoms with E-state index in [-0.39, 0.29) is 175 Å². The number of urea groups is 3. The number of hydrogen-bond donors (Lipinski definition) is 15. The Bertz CT molecular complexity index is 2440. The standard InChI is InChI=1S/C78H135N7O12/c1-43(52-10-13-55-67-58(40-64(92)76(52,55)7)73(4)22-16-49(86)34-46(73)37-61(67)89)19-25-79-70(95)82-28-31-85(32-29-83-71(96)80-26-20-44(2)53-11-14-56-68-59(41-65(93)77(53,56)8)74(5)23-17-50(87)35-47(74)38-62(68)90)33-30-84-72(97)81-27-21-45(3)54-12-15-57-69-60(42-66(94)78(54,57)9)75(6)24-18-51(88)36-48(75)39-63(69)91/h43-69,86-94H,10-42H2,1-9H3,(H2,79,82,95)(H2,80,83,96)(H2,81,84,97)/t43-,44-,45-,46+,47+,48+,49-,50-,51-,52-,53-,54-,55+,56+,57+,58+,59+,60+,61-,62-,63-,64+,65+,66+,67+,68+,69+,73+,74+,75+,76-,77-,78-/m1/s1. The lowest BCUT2D eigenvalue weighted by Crippen LogP contribution is -2.62. The molecule has 12 rings (SSSR count). The number of aliphatic hydroxyl groups excluding tert-OH is 9. The summed E-state index contributed by atoms with van der Waals surface area (Å²) in [4.78, 5) is 42.5. The van der Waals surface area contributed by atoms with Crippen LogP contribution >= 0.6 is 0 Å². The van der Waals surface area contributed by atoms with E-state index in [0.717, 1.165) is 135 Å². The fourth-order valence-electron chi connectivity index (χ4n) is 27.7. The Morgan fingerprint density at radius 3 is 0.876 bits per heavy atom. The number of nitrogens with zero attached hydrogens (tertiary/aromatic N) is 1. The van der Waals surface area contributed by atoms with Gasteiger partial charge in [-0.3, -0.25) is 4.90 Å². The summed E-state index contributed by atoms with van der Waals surface area (Å²) in [7, 11) is 0. The maximum absolute atomic E-state index is 13.5. The normalized spacial score (nSPS) is 48.9. The Balaban J connectivity index is 0.604. The highest BCUT2D eigenvalue weighted by atomic mass is 16.3. The van der Waals surface area contributed by atoms with Crippen molar-refractivity contribution in [2.24, 2.45) is 139 Å². The average Bonchev–Trinajstić information content (AvgIpc) is 1.66. The van der Waals surface area contributed by atoms with E-state index < -0.39 is 36.6 Å². The molecule has 19 heteroatoms. The second-order valence-electron chi connectivity index (χ2n) is 37.3. The van der Waals surface area contributed by atoms with Gasteiger partial charge in [-0.15, -0.1) is 0 Å². The van der Waals surface area contributed by atoms with Gasteiger partial charge in [0, 0.05) is 58.9 Å². The highest BCUT2D eigenvalue weighted by Crippen LogP contribution is 2.72. The molecular weight excluding hydrogens is 1230 g/mol. The van der Waals surface area contributed by atoms with Crippen LogP contribution in [-0.4, -0.2) is 183 Å². The van der Waals surface area contributed by atoms with Crippen molar-refractivity contribution in [3.05, 3.63) is 0 Å². The summed E-state index contributed by atoms with van der Waals surface area (Å²) in [6.07, 6.45) is 16.3. The molecule has 0 saturated heterocycles. The number of aliphatic hydroxyl groups is 9. The van der Waals surface area contributed by atoms with Crippen molar-refractivity contribution in [3.63, 3.8) is 0 Å². The van der Waals surface area contributed by atoms with Crippen molar-refractivity contribution in [3.8, 4) is 0 Å². The topological polar surface area (TPSA) is 309 Å². The number of nitrogens with one attached hydrogen (secondary N) is 6. The van der Waals surface area contributed by atoms with Gasteiger partial charge in [-0.1, -0.05) is 62.3 Å². The molecule has 12 saturated carbocycles. The summed E-state index contributed by atoms with van der Waals surface area (Å²) in [5.74, 6) is 4.21. The van der Waals surface area contributed by atoms with Gasteiger partial charge in [0.05, 0.1) is 54.9 Å². The average molecular weight is 1360 g/mol. The molecule has 0 aromatic heterocycles. The van der Waals surface area contributed by atoms with Gasteiger partial charge < -0.3 is 77.9 Å². The third kappa shape index (κ3) is 13.5. The van der Waals surface area contributed by atoms with E-state index >= 15 is 0 Å². The predicted molar refractivity (Wildman–Crippen MR) is 374 cm³/mol. The summed E-state index contributed by atoms with van der Waals surface area (Å²) in [6.45, 7) is 24.6. The third-order valence-corrected chi connectivity index (χ3v) is 33.4. The van der Waals surface area contributed by atoms with E-state index in [0.29, 0.717) is 78.2 Å². The van der Waals surface area contributed by atoms with Crippen molar-refractivity contribution < 1.29 is 60.3 Å². The van der Waals surface area contributed by atoms with Crippen molar-refractivity contribution in [1.82, 2.24) is 36.8 Å². The second-order valence-corrected chi connectivity index (χ2v) is 37.3. The molecule has 97 heavy (non-hydrogen) atoms. The van der Waals surface area contributed by atoms with Gasteiger partial charge in [-0.2, -0.15) is 0 Å². The SMILES string of the molecule is C[C@H](CCNC(=O)NCCN(CCNC(=O)NCC[C@@H](C)[C@H]1CC[C@H]2[C@@H]3[C@H](O)C[C@@H]4C[C@H](O)CC[C@]4(C)[C@H]3C[C@H](O)[C@]12C)CCNC(=O)NCC[C@@H](C)[C@H]1CC[C@H]2[C@@H]3[C@H](O)C[C@@H]4C[C@H](O)CC[C@]4(C)[C@H]3C[C@H](O)[C@]12C)[C@H]1CC[C@H]2[C@@H]3[C@H](O)C[C@@H]4C[C@H](O)CC[C@]4(C)[C@H]3C[C@H](O)[C@]12C. The van der Waals surface area contributed by atoms with Gasteiger partial charge in [-0.25, -0.2) is 14.4 Å². The summed E-state index contributed by atoms with van der Waals surface area (Å²) in [5, 5.41) is 122. The first-order valence-electron chi connectivity index (χ1n) is 39.9. The van der Waals surface area contributed by atoms with Crippen LogP contribution in [0.5, 0.6) is 0 Å². The minimum absolute atomic E-state index is 0.0191. The zero-order valence-electron chi connectivity index (χ0n) is 61.1. The van der Waals surface area contributed by atoms with E-state index in [1.165, 1.54) is 0 Å². The lowest BCUT2D eigenvalue weighted by Gasteiger charge is -2.63. The Hall–Kier alpha value is -2.59. The summed E-state index contributed by atoms with van der Waals surface area (Å²) in [5.41, 5.74) is -0.904. The van der Waals surface area contributed by atoms with E-state index in [1.54, 1.807) is 0 Å². The smallest absolute Gasteiger partial charge is 0.314 e. The maximum atomic E-state index is 13.5. The minimum atomic E-state index is -0.469. The molecule has 0 unspecified atom stereocenters. The third-order valence-electron chi connectivity index (χ3n) is 33.4. The van der Waals surface area contributed by atoms with Gasteiger partial charge in [0.2, 0.25) is 0 Å². The van der Waals surface area contributed by atoms with Crippen LogP contribution in [0.4, 0.5) is 14.4 Å². The number of fused-ring (bicyclic) bond motifs is 15. The maximum Gasteiger partial charge on any atom is 0.314 e. The molecule has 0 spiro atoms. The van der Waals surface area contributed by atoms with Gasteiger partial charge >= 0.3 is 18.1 Å². The van der Waals surface area contributed by atoms with Crippen molar-refractivity contribution >= 4 is 18.1 Å². The summed E-state index contributed by atoms with van der Waals surface area (Å²) < 4.78 is 0. The van der Waals surface area contributed by atoms with Gasteiger partial charge in [0.1, 0.15) is 0 Å². The van der Waals surface area contributed by atoms with Crippen LogP contribution in [0, 0.1) is 139 Å². The van der Waals surface area contributed by atoms with Crippen molar-refractivity contribution in [1.29, 1.82) is 0 Å². The number of carbonyl (C=O) groups excluding carboxylic acids is 3. The van der Waals surface area contributed by atoms with Crippen LogP contribution in [0.15, 0.2) is 0 Å².